The quantitative estimate of drug-likeness (QED) is 0.678. The summed E-state index contributed by atoms with van der Waals surface area (Å²) in [4.78, 5) is 0. The van der Waals surface area contributed by atoms with E-state index in [0.29, 0.717) is 6.42 Å². The fraction of sp³-hybridized carbons (Fsp3) is 0.524. The first-order chi connectivity index (χ1) is 11.9. The van der Waals surface area contributed by atoms with E-state index in [2.05, 4.69) is 32.7 Å². The second-order valence-electron chi connectivity index (χ2n) is 8.31. The molecule has 134 valence electrons. The summed E-state index contributed by atoms with van der Waals surface area (Å²) in [6.45, 7) is 9.26. The zero-order valence-electron chi connectivity index (χ0n) is 15.4. The molecule has 1 N–H and O–H groups in total. The van der Waals surface area contributed by atoms with Crippen molar-refractivity contribution in [3.63, 3.8) is 0 Å². The van der Waals surface area contributed by atoms with Crippen molar-refractivity contribution in [1.82, 2.24) is 0 Å². The van der Waals surface area contributed by atoms with Crippen LogP contribution in [-0.4, -0.2) is 49.0 Å². The third-order valence-electron chi connectivity index (χ3n) is 6.07. The van der Waals surface area contributed by atoms with Crippen molar-refractivity contribution in [2.75, 3.05) is 27.2 Å². The predicted octanol–water partition coefficient (Wildman–Crippen LogP) is 2.94. The lowest BCUT2D eigenvalue weighted by Crippen LogP contribution is -2.47. The molecule has 3 aliphatic rings. The molecule has 0 fully saturated rings. The first kappa shape index (κ1) is 16.7. The molecule has 2 heterocycles. The van der Waals surface area contributed by atoms with Gasteiger partial charge in [0.2, 0.25) is 0 Å². The summed E-state index contributed by atoms with van der Waals surface area (Å²) in [5.41, 5.74) is 3.68. The summed E-state index contributed by atoms with van der Waals surface area (Å²) in [6, 6.07) is 4.22. The molecule has 0 aromatic heterocycles. The third-order valence-corrected chi connectivity index (χ3v) is 6.07. The number of nitrogens with zero attached hydrogens (tertiary/aromatic N) is 1. The van der Waals surface area contributed by atoms with Crippen LogP contribution in [0.4, 0.5) is 0 Å². The molecule has 4 atom stereocenters. The van der Waals surface area contributed by atoms with Crippen molar-refractivity contribution in [3.8, 4) is 11.5 Å². The van der Waals surface area contributed by atoms with Crippen LogP contribution in [0.3, 0.4) is 0 Å². The van der Waals surface area contributed by atoms with Gasteiger partial charge < -0.3 is 19.1 Å². The number of methoxy groups -OCH3 is 1. The molecule has 0 saturated heterocycles. The highest BCUT2D eigenvalue weighted by Crippen LogP contribution is 2.56. The Hall–Kier alpha value is -1.78. The van der Waals surface area contributed by atoms with Crippen LogP contribution in [0.5, 0.6) is 11.5 Å². The van der Waals surface area contributed by atoms with E-state index < -0.39 is 6.10 Å². The molecule has 25 heavy (non-hydrogen) atoms. The Morgan fingerprint density at radius 3 is 3.00 bits per heavy atom. The molecule has 1 aromatic rings. The van der Waals surface area contributed by atoms with Crippen LogP contribution in [0.15, 0.2) is 36.4 Å². The summed E-state index contributed by atoms with van der Waals surface area (Å²) >= 11 is 0. The first-order valence-electron chi connectivity index (χ1n) is 9.09. The molecule has 4 nitrogen and oxygen atoms in total. The largest absolute Gasteiger partial charge is 0.493 e. The molecule has 1 aliphatic carbocycles. The van der Waals surface area contributed by atoms with Gasteiger partial charge >= 0.3 is 0 Å². The van der Waals surface area contributed by atoms with Gasteiger partial charge in [-0.2, -0.15) is 0 Å². The SMILES string of the molecule is C=C(C)C[N+]1(C)CC[C@@]23C=C[C@H](O)C[C@@H]2Oc2c(OC)ccc(c23)C1. The van der Waals surface area contributed by atoms with Crippen molar-refractivity contribution >= 4 is 0 Å². The first-order valence-corrected chi connectivity index (χ1v) is 9.09. The number of benzene rings is 1. The van der Waals surface area contributed by atoms with Gasteiger partial charge in [0.25, 0.3) is 0 Å². The van der Waals surface area contributed by atoms with E-state index in [-0.39, 0.29) is 11.5 Å². The predicted molar refractivity (Wildman–Crippen MR) is 97.9 cm³/mol. The zero-order chi connectivity index (χ0) is 17.8. The van der Waals surface area contributed by atoms with Crippen LogP contribution in [0, 0.1) is 0 Å². The minimum absolute atomic E-state index is 0.0195. The fourth-order valence-corrected chi connectivity index (χ4v) is 5.06. The van der Waals surface area contributed by atoms with E-state index in [9.17, 15) is 5.11 Å². The monoisotopic (exact) mass is 342 g/mol. The molecule has 0 bridgehead atoms. The smallest absolute Gasteiger partial charge is 0.166 e. The Morgan fingerprint density at radius 2 is 2.28 bits per heavy atom. The van der Waals surface area contributed by atoms with Crippen molar-refractivity contribution in [2.24, 2.45) is 0 Å². The zero-order valence-corrected chi connectivity index (χ0v) is 15.4. The molecule has 0 radical (unpaired) electrons. The van der Waals surface area contributed by atoms with Crippen LogP contribution in [-0.2, 0) is 12.0 Å². The van der Waals surface area contributed by atoms with Gasteiger partial charge in [0.05, 0.1) is 38.8 Å². The Kier molecular flexibility index (Phi) is 3.74. The van der Waals surface area contributed by atoms with Gasteiger partial charge in [-0.3, -0.25) is 0 Å². The molecule has 0 amide bonds. The highest BCUT2D eigenvalue weighted by molar-refractivity contribution is 5.60. The maximum absolute atomic E-state index is 10.1. The molecule has 1 aromatic carbocycles. The maximum Gasteiger partial charge on any atom is 0.166 e. The van der Waals surface area contributed by atoms with E-state index in [1.54, 1.807) is 7.11 Å². The standard InChI is InChI=1S/C21H28NO3/c1-14(2)12-22(3)10-9-21-8-7-16(23)11-18(21)25-20-17(24-4)6-5-15(13-22)19(20)21/h5-8,16,18,23H,1,9-13H2,2-4H3/q+1/t16-,18-,21-,22?/m0/s1. The number of hydrogen-bond donors (Lipinski definition) is 1. The summed E-state index contributed by atoms with van der Waals surface area (Å²) in [7, 11) is 4.01. The number of rotatable bonds is 3. The number of ether oxygens (including phenoxy) is 2. The third kappa shape index (κ3) is 2.51. The molecule has 4 rings (SSSR count). The minimum atomic E-state index is -0.432. The number of aliphatic hydroxyl groups excluding tert-OH is 1. The van der Waals surface area contributed by atoms with E-state index in [4.69, 9.17) is 9.47 Å². The van der Waals surface area contributed by atoms with Gasteiger partial charge in [-0.05, 0) is 24.6 Å². The van der Waals surface area contributed by atoms with Gasteiger partial charge in [-0.25, -0.2) is 0 Å². The van der Waals surface area contributed by atoms with E-state index >= 15 is 0 Å². The summed E-state index contributed by atoms with van der Waals surface area (Å²) in [5, 5.41) is 10.1. The molecule has 2 aliphatic heterocycles. The Balaban J connectivity index is 1.88. The second-order valence-corrected chi connectivity index (χ2v) is 8.31. The molecular formula is C21H28NO3+. The summed E-state index contributed by atoms with van der Waals surface area (Å²) in [5.74, 6) is 1.68. The number of likely N-dealkylation sites (N-methyl/N-ethyl adjacent to an activating group) is 1. The average molecular weight is 342 g/mol. The maximum atomic E-state index is 10.1. The molecule has 1 spiro atoms. The van der Waals surface area contributed by atoms with Gasteiger partial charge in [0.15, 0.2) is 11.5 Å². The molecule has 0 saturated carbocycles. The lowest BCUT2D eigenvalue weighted by atomic mass is 9.69. The van der Waals surface area contributed by atoms with Gasteiger partial charge in [-0.15, -0.1) is 0 Å². The van der Waals surface area contributed by atoms with Crippen LogP contribution in [0.2, 0.25) is 0 Å². The highest BCUT2D eigenvalue weighted by atomic mass is 16.5. The van der Waals surface area contributed by atoms with E-state index in [1.165, 1.54) is 16.7 Å². The highest BCUT2D eigenvalue weighted by Gasteiger charge is 2.54. The lowest BCUT2D eigenvalue weighted by molar-refractivity contribution is -0.918. The van der Waals surface area contributed by atoms with Crippen molar-refractivity contribution < 1.29 is 19.1 Å². The van der Waals surface area contributed by atoms with Crippen molar-refractivity contribution in [2.45, 2.75) is 43.9 Å². The Labute approximate surface area is 149 Å². The van der Waals surface area contributed by atoms with Crippen molar-refractivity contribution in [3.05, 3.63) is 47.6 Å². The Bertz CT molecular complexity index is 756. The van der Waals surface area contributed by atoms with Crippen LogP contribution in [0.25, 0.3) is 0 Å². The molecule has 4 heteroatoms. The van der Waals surface area contributed by atoms with Crippen LogP contribution in [0.1, 0.15) is 30.9 Å². The van der Waals surface area contributed by atoms with Crippen LogP contribution < -0.4 is 9.47 Å². The normalized spacial score (nSPS) is 35.4. The topological polar surface area (TPSA) is 38.7 Å². The fourth-order valence-electron chi connectivity index (χ4n) is 5.06. The van der Waals surface area contributed by atoms with Gasteiger partial charge in [0.1, 0.15) is 12.6 Å². The van der Waals surface area contributed by atoms with E-state index in [0.717, 1.165) is 42.0 Å². The molecular weight excluding hydrogens is 314 g/mol. The van der Waals surface area contributed by atoms with Crippen LogP contribution >= 0.6 is 0 Å². The lowest BCUT2D eigenvalue weighted by Gasteiger charge is -2.37. The molecule has 1 unspecified atom stereocenters. The van der Waals surface area contributed by atoms with Gasteiger partial charge in [0, 0.05) is 24.0 Å². The average Bonchev–Trinajstić information content (AvgIpc) is 2.81. The minimum Gasteiger partial charge on any atom is -0.493 e. The number of hydrogen-bond acceptors (Lipinski definition) is 3. The van der Waals surface area contributed by atoms with Gasteiger partial charge in [-0.1, -0.05) is 18.7 Å². The van der Waals surface area contributed by atoms with E-state index in [1.807, 2.05) is 12.1 Å². The van der Waals surface area contributed by atoms with Crippen molar-refractivity contribution in [1.29, 1.82) is 0 Å². The number of quaternary nitrogens is 1. The summed E-state index contributed by atoms with van der Waals surface area (Å²) in [6.07, 6.45) is 5.35. The Morgan fingerprint density at radius 1 is 1.48 bits per heavy atom. The number of aliphatic hydroxyl groups is 1. The second kappa shape index (κ2) is 5.61. The summed E-state index contributed by atoms with van der Waals surface area (Å²) < 4.78 is 12.9.